The summed E-state index contributed by atoms with van der Waals surface area (Å²) in [7, 11) is 0. The van der Waals surface area contributed by atoms with Gasteiger partial charge in [0, 0.05) is 0 Å². The van der Waals surface area contributed by atoms with Gasteiger partial charge in [0.1, 0.15) is 12.1 Å². The molecule has 2 aliphatic heterocycles. The lowest BCUT2D eigenvalue weighted by Crippen LogP contribution is -2.64. The maximum Gasteiger partial charge on any atom is 0.325 e. The molecule has 0 radical (unpaired) electrons. The summed E-state index contributed by atoms with van der Waals surface area (Å²) in [5.41, 5.74) is -1.73. The fourth-order valence-electron chi connectivity index (χ4n) is 2.43. The highest BCUT2D eigenvalue weighted by Gasteiger charge is 2.49. The van der Waals surface area contributed by atoms with E-state index in [2.05, 4.69) is 5.32 Å². The van der Waals surface area contributed by atoms with Crippen molar-refractivity contribution in [3.63, 3.8) is 0 Å². The minimum Gasteiger partial charge on any atom is -0.386 e. The number of hydrogen-bond donors (Lipinski definition) is 2. The van der Waals surface area contributed by atoms with Crippen molar-refractivity contribution in [3.05, 3.63) is 0 Å². The monoisotopic (exact) mass is 283 g/mol. The van der Waals surface area contributed by atoms with Crippen LogP contribution < -0.4 is 5.32 Å². The Morgan fingerprint density at radius 2 is 1.90 bits per heavy atom. The highest BCUT2D eigenvalue weighted by molar-refractivity contribution is 6.08. The van der Waals surface area contributed by atoms with Gasteiger partial charge in [-0.15, -0.1) is 0 Å². The zero-order valence-corrected chi connectivity index (χ0v) is 12.1. The van der Waals surface area contributed by atoms with Crippen molar-refractivity contribution < 1.29 is 19.5 Å². The second kappa shape index (κ2) is 4.73. The van der Waals surface area contributed by atoms with Crippen molar-refractivity contribution >= 4 is 17.8 Å². The first-order valence-electron chi connectivity index (χ1n) is 6.89. The van der Waals surface area contributed by atoms with Gasteiger partial charge in [-0.3, -0.25) is 14.5 Å². The van der Waals surface area contributed by atoms with Gasteiger partial charge in [0.15, 0.2) is 0 Å². The maximum absolute atomic E-state index is 12.1. The Labute approximate surface area is 117 Å². The third-order valence-electron chi connectivity index (χ3n) is 4.33. The Kier molecular flexibility index (Phi) is 3.49. The van der Waals surface area contributed by atoms with Gasteiger partial charge in [-0.2, -0.15) is 0 Å². The number of rotatable bonds is 4. The van der Waals surface area contributed by atoms with Crippen molar-refractivity contribution in [1.29, 1.82) is 0 Å². The number of hydrogen-bond acceptors (Lipinski definition) is 4. The molecule has 7 nitrogen and oxygen atoms in total. The first-order chi connectivity index (χ1) is 9.24. The molecular formula is C13H21N3O4. The van der Waals surface area contributed by atoms with Crippen LogP contribution in [0.3, 0.4) is 0 Å². The van der Waals surface area contributed by atoms with E-state index in [4.69, 9.17) is 0 Å². The molecule has 112 valence electrons. The lowest BCUT2D eigenvalue weighted by atomic mass is 9.91. The molecule has 1 unspecified atom stereocenters. The number of β-amino-alcohol motifs (C(OH)–C–C–N with tert-alkyl or cyclic N) is 1. The molecule has 0 spiro atoms. The topological polar surface area (TPSA) is 89.9 Å². The molecule has 0 aromatic carbocycles. The molecule has 0 aliphatic carbocycles. The Morgan fingerprint density at radius 1 is 1.30 bits per heavy atom. The Hall–Kier alpha value is -1.63. The molecule has 7 heteroatoms. The maximum atomic E-state index is 12.1. The van der Waals surface area contributed by atoms with Crippen LogP contribution in [-0.4, -0.2) is 63.5 Å². The van der Waals surface area contributed by atoms with Gasteiger partial charge in [-0.1, -0.05) is 13.8 Å². The van der Waals surface area contributed by atoms with Crippen LogP contribution in [0.4, 0.5) is 4.79 Å². The quantitative estimate of drug-likeness (QED) is 0.693. The highest BCUT2D eigenvalue weighted by Crippen LogP contribution is 2.25. The second-order valence-corrected chi connectivity index (χ2v) is 5.83. The lowest BCUT2D eigenvalue weighted by Gasteiger charge is -2.46. The number of carbonyl (C=O) groups is 3. The summed E-state index contributed by atoms with van der Waals surface area (Å²) in [4.78, 5) is 38.4. The van der Waals surface area contributed by atoms with Crippen LogP contribution in [0.5, 0.6) is 0 Å². The Bertz CT molecular complexity index is 459. The van der Waals surface area contributed by atoms with Gasteiger partial charge in [-0.25, -0.2) is 4.79 Å². The second-order valence-electron chi connectivity index (χ2n) is 5.83. The molecule has 2 saturated heterocycles. The fourth-order valence-corrected chi connectivity index (χ4v) is 2.43. The van der Waals surface area contributed by atoms with E-state index < -0.39 is 17.2 Å². The molecule has 4 amide bonds. The normalized spacial score (nSPS) is 28.4. The average Bonchev–Trinajstić information content (AvgIpc) is 2.59. The zero-order valence-electron chi connectivity index (χ0n) is 12.1. The average molecular weight is 283 g/mol. The van der Waals surface area contributed by atoms with Gasteiger partial charge in [0.05, 0.1) is 18.7 Å². The number of carbonyl (C=O) groups excluding carboxylic acids is 3. The van der Waals surface area contributed by atoms with Crippen LogP contribution in [-0.2, 0) is 9.59 Å². The van der Waals surface area contributed by atoms with Gasteiger partial charge >= 0.3 is 6.03 Å². The van der Waals surface area contributed by atoms with E-state index in [-0.39, 0.29) is 31.4 Å². The molecule has 20 heavy (non-hydrogen) atoms. The van der Waals surface area contributed by atoms with Crippen LogP contribution in [0, 0.1) is 0 Å². The van der Waals surface area contributed by atoms with Crippen LogP contribution in [0.15, 0.2) is 0 Å². The number of nitrogens with one attached hydrogen (secondary N) is 1. The van der Waals surface area contributed by atoms with Crippen LogP contribution in [0.25, 0.3) is 0 Å². The molecule has 2 heterocycles. The number of likely N-dealkylation sites (tertiary alicyclic amines) is 1. The predicted molar refractivity (Wildman–Crippen MR) is 70.8 cm³/mol. The molecule has 0 aromatic heterocycles. The van der Waals surface area contributed by atoms with Crippen molar-refractivity contribution in [2.45, 2.75) is 44.8 Å². The van der Waals surface area contributed by atoms with Gasteiger partial charge in [0.25, 0.3) is 5.91 Å². The number of aliphatic hydroxyl groups is 1. The van der Waals surface area contributed by atoms with E-state index in [1.165, 1.54) is 4.90 Å². The van der Waals surface area contributed by atoms with E-state index >= 15 is 0 Å². The number of amides is 4. The van der Waals surface area contributed by atoms with E-state index in [9.17, 15) is 19.5 Å². The highest BCUT2D eigenvalue weighted by atomic mass is 16.3. The van der Waals surface area contributed by atoms with E-state index in [1.54, 1.807) is 13.8 Å². The molecule has 2 fully saturated rings. The summed E-state index contributed by atoms with van der Waals surface area (Å²) in [6.07, 6.45) is 1.05. The summed E-state index contributed by atoms with van der Waals surface area (Å²) >= 11 is 0. The van der Waals surface area contributed by atoms with E-state index in [1.807, 2.05) is 6.92 Å². The van der Waals surface area contributed by atoms with Crippen LogP contribution in [0.1, 0.15) is 33.6 Å². The standard InChI is InChI=1S/C13H21N3O4/c1-4-12(3)10(18)16(11(19)14-12)6-9(17)15-7-13(20,5-2)8-15/h20H,4-8H2,1-3H3,(H,14,19). The molecule has 2 aliphatic rings. The third kappa shape index (κ3) is 2.26. The van der Waals surface area contributed by atoms with Crippen molar-refractivity contribution in [1.82, 2.24) is 15.1 Å². The SMILES string of the molecule is CCC1(O)CN(C(=O)CN2C(=O)NC(C)(CC)C2=O)C1. The number of imide groups is 1. The lowest BCUT2D eigenvalue weighted by molar-refractivity contribution is -0.157. The smallest absolute Gasteiger partial charge is 0.325 e. The van der Waals surface area contributed by atoms with Gasteiger partial charge in [0.2, 0.25) is 5.91 Å². The van der Waals surface area contributed by atoms with Crippen LogP contribution >= 0.6 is 0 Å². The van der Waals surface area contributed by atoms with Crippen LogP contribution in [0.2, 0.25) is 0 Å². The van der Waals surface area contributed by atoms with Crippen molar-refractivity contribution in [3.8, 4) is 0 Å². The van der Waals surface area contributed by atoms with Crippen molar-refractivity contribution in [2.24, 2.45) is 0 Å². The largest absolute Gasteiger partial charge is 0.386 e. The van der Waals surface area contributed by atoms with Gasteiger partial charge in [-0.05, 0) is 19.8 Å². The molecule has 0 saturated carbocycles. The minimum atomic E-state index is -0.920. The summed E-state index contributed by atoms with van der Waals surface area (Å²) in [5.74, 6) is -0.684. The third-order valence-corrected chi connectivity index (χ3v) is 4.33. The molecular weight excluding hydrogens is 262 g/mol. The molecule has 1 atom stereocenters. The molecule has 2 rings (SSSR count). The predicted octanol–water partition coefficient (Wildman–Crippen LogP) is -0.310. The molecule has 0 bridgehead atoms. The Morgan fingerprint density at radius 3 is 2.35 bits per heavy atom. The first kappa shape index (κ1) is 14.8. The van der Waals surface area contributed by atoms with E-state index in [0.717, 1.165) is 4.90 Å². The number of nitrogens with zero attached hydrogens (tertiary/aromatic N) is 2. The number of urea groups is 1. The summed E-state index contributed by atoms with van der Waals surface area (Å²) in [6.45, 7) is 5.57. The van der Waals surface area contributed by atoms with Crippen molar-refractivity contribution in [2.75, 3.05) is 19.6 Å². The summed E-state index contributed by atoms with van der Waals surface area (Å²) in [5, 5.41) is 12.5. The first-order valence-corrected chi connectivity index (χ1v) is 6.89. The fraction of sp³-hybridized carbons (Fsp3) is 0.769. The Balaban J connectivity index is 1.96. The summed E-state index contributed by atoms with van der Waals surface area (Å²) in [6, 6.07) is -0.529. The molecule has 0 aromatic rings. The summed E-state index contributed by atoms with van der Waals surface area (Å²) < 4.78 is 0. The van der Waals surface area contributed by atoms with E-state index in [0.29, 0.717) is 12.8 Å². The zero-order chi connectivity index (χ0) is 15.1. The minimum absolute atomic E-state index is 0.261. The van der Waals surface area contributed by atoms with Gasteiger partial charge < -0.3 is 15.3 Å². The molecule has 2 N–H and O–H groups in total.